The Bertz CT molecular complexity index is 936. The van der Waals surface area contributed by atoms with Gasteiger partial charge in [-0.2, -0.15) is 4.98 Å². The number of hydrogen-bond donors (Lipinski definition) is 1. The van der Waals surface area contributed by atoms with E-state index in [9.17, 15) is 4.79 Å². The van der Waals surface area contributed by atoms with Gasteiger partial charge in [0.25, 0.3) is 5.91 Å². The molecule has 0 bridgehead atoms. The summed E-state index contributed by atoms with van der Waals surface area (Å²) < 4.78 is 11.2. The molecule has 3 aromatic rings. The maximum atomic E-state index is 12.6. The van der Waals surface area contributed by atoms with Crippen molar-refractivity contribution < 1.29 is 14.1 Å². The zero-order chi connectivity index (χ0) is 19.3. The second-order valence-electron chi connectivity index (χ2n) is 6.86. The molecule has 28 heavy (non-hydrogen) atoms. The normalized spacial score (nSPS) is 14.3. The van der Waals surface area contributed by atoms with Crippen LogP contribution >= 0.6 is 11.3 Å². The molecule has 146 valence electrons. The summed E-state index contributed by atoms with van der Waals surface area (Å²) >= 11 is 1.54. The van der Waals surface area contributed by atoms with Crippen LogP contribution in [0.5, 0.6) is 5.75 Å². The fourth-order valence-electron chi connectivity index (χ4n) is 3.38. The molecule has 1 N–H and O–H groups in total. The summed E-state index contributed by atoms with van der Waals surface area (Å²) in [4.78, 5) is 17.8. The van der Waals surface area contributed by atoms with E-state index in [1.54, 1.807) is 11.3 Å². The van der Waals surface area contributed by atoms with Crippen LogP contribution in [-0.2, 0) is 24.2 Å². The molecule has 1 aromatic carbocycles. The molecule has 0 fully saturated rings. The number of nitrogens with zero attached hydrogens (tertiary/aromatic N) is 2. The standard InChI is InChI=1S/C21H23N3O3S/c1-2-17(26-16-10-9-14-6-3-4-7-15(14)12-16)21(25)22-13-19-23-20(24-27-19)18-8-5-11-28-18/h5,8-12,17H,2-4,6-7,13H2,1H3,(H,22,25)/t17-/m0/s1. The number of aryl methyl sites for hydroxylation is 2. The maximum absolute atomic E-state index is 12.6. The lowest BCUT2D eigenvalue weighted by molar-refractivity contribution is -0.128. The first kappa shape index (κ1) is 18.7. The van der Waals surface area contributed by atoms with Crippen molar-refractivity contribution >= 4 is 17.2 Å². The maximum Gasteiger partial charge on any atom is 0.261 e. The molecule has 7 heteroatoms. The molecular formula is C21H23N3O3S. The van der Waals surface area contributed by atoms with Gasteiger partial charge in [-0.1, -0.05) is 24.2 Å². The van der Waals surface area contributed by atoms with Crippen LogP contribution in [0.25, 0.3) is 10.7 Å². The highest BCUT2D eigenvalue weighted by molar-refractivity contribution is 7.13. The second-order valence-corrected chi connectivity index (χ2v) is 7.81. The average molecular weight is 398 g/mol. The third-order valence-corrected chi connectivity index (χ3v) is 5.75. The molecule has 1 aliphatic rings. The van der Waals surface area contributed by atoms with Gasteiger partial charge in [-0.15, -0.1) is 11.3 Å². The van der Waals surface area contributed by atoms with Crippen molar-refractivity contribution in [3.63, 3.8) is 0 Å². The molecule has 2 aromatic heterocycles. The van der Waals surface area contributed by atoms with Crippen LogP contribution in [0, 0.1) is 0 Å². The van der Waals surface area contributed by atoms with E-state index in [1.807, 2.05) is 30.5 Å². The number of amides is 1. The Labute approximate surface area is 167 Å². The number of hydrogen-bond acceptors (Lipinski definition) is 6. The molecule has 0 aliphatic heterocycles. The van der Waals surface area contributed by atoms with E-state index in [1.165, 1.54) is 24.0 Å². The fraction of sp³-hybridized carbons (Fsp3) is 0.381. The first-order chi connectivity index (χ1) is 13.7. The van der Waals surface area contributed by atoms with Crippen LogP contribution in [0.1, 0.15) is 43.2 Å². The monoisotopic (exact) mass is 397 g/mol. The van der Waals surface area contributed by atoms with Gasteiger partial charge in [-0.05, 0) is 66.8 Å². The molecule has 1 aliphatic carbocycles. The molecular weight excluding hydrogens is 374 g/mol. The fourth-order valence-corrected chi connectivity index (χ4v) is 4.03. The van der Waals surface area contributed by atoms with E-state index < -0.39 is 6.10 Å². The Kier molecular flexibility index (Phi) is 5.71. The first-order valence-electron chi connectivity index (χ1n) is 9.65. The molecule has 2 heterocycles. The predicted molar refractivity (Wildman–Crippen MR) is 107 cm³/mol. The number of thiophene rings is 1. The van der Waals surface area contributed by atoms with Crippen LogP contribution in [0.2, 0.25) is 0 Å². The van der Waals surface area contributed by atoms with Gasteiger partial charge in [0, 0.05) is 0 Å². The van der Waals surface area contributed by atoms with E-state index in [-0.39, 0.29) is 12.5 Å². The van der Waals surface area contributed by atoms with Crippen molar-refractivity contribution in [2.75, 3.05) is 0 Å². The zero-order valence-corrected chi connectivity index (χ0v) is 16.6. The molecule has 6 nitrogen and oxygen atoms in total. The van der Waals surface area contributed by atoms with Crippen molar-refractivity contribution in [3.8, 4) is 16.5 Å². The van der Waals surface area contributed by atoms with Gasteiger partial charge >= 0.3 is 0 Å². The lowest BCUT2D eigenvalue weighted by Crippen LogP contribution is -2.37. The van der Waals surface area contributed by atoms with E-state index in [0.717, 1.165) is 23.5 Å². The van der Waals surface area contributed by atoms with Crippen molar-refractivity contribution in [1.29, 1.82) is 0 Å². The van der Waals surface area contributed by atoms with Gasteiger partial charge in [0.15, 0.2) is 6.10 Å². The van der Waals surface area contributed by atoms with Crippen LogP contribution in [0.4, 0.5) is 0 Å². The largest absolute Gasteiger partial charge is 0.481 e. The highest BCUT2D eigenvalue weighted by atomic mass is 32.1. The Balaban J connectivity index is 1.35. The Morgan fingerprint density at radius 2 is 2.14 bits per heavy atom. The third-order valence-electron chi connectivity index (χ3n) is 4.89. The van der Waals surface area contributed by atoms with Gasteiger partial charge < -0.3 is 14.6 Å². The van der Waals surface area contributed by atoms with Crippen molar-refractivity contribution in [2.24, 2.45) is 0 Å². The molecule has 0 saturated heterocycles. The molecule has 0 spiro atoms. The summed E-state index contributed by atoms with van der Waals surface area (Å²) in [7, 11) is 0. The SMILES string of the molecule is CC[C@H](Oc1ccc2c(c1)CCCC2)C(=O)NCc1nc(-c2cccs2)no1. The molecule has 1 amide bonds. The summed E-state index contributed by atoms with van der Waals surface area (Å²) in [5.74, 6) is 1.48. The summed E-state index contributed by atoms with van der Waals surface area (Å²) in [6.45, 7) is 2.12. The Morgan fingerprint density at radius 1 is 1.29 bits per heavy atom. The highest BCUT2D eigenvalue weighted by Crippen LogP contribution is 2.26. The zero-order valence-electron chi connectivity index (χ0n) is 15.8. The second kappa shape index (κ2) is 8.56. The molecule has 0 saturated carbocycles. The van der Waals surface area contributed by atoms with Crippen LogP contribution in [0.15, 0.2) is 40.2 Å². The van der Waals surface area contributed by atoms with Crippen molar-refractivity contribution in [1.82, 2.24) is 15.5 Å². The summed E-state index contributed by atoms with van der Waals surface area (Å²) in [6.07, 6.45) is 4.70. The minimum absolute atomic E-state index is 0.182. The Morgan fingerprint density at radius 3 is 2.93 bits per heavy atom. The summed E-state index contributed by atoms with van der Waals surface area (Å²) in [5, 5.41) is 8.74. The van der Waals surface area contributed by atoms with Crippen molar-refractivity contribution in [2.45, 2.75) is 51.7 Å². The van der Waals surface area contributed by atoms with E-state index in [4.69, 9.17) is 9.26 Å². The quantitative estimate of drug-likeness (QED) is 0.648. The summed E-state index contributed by atoms with van der Waals surface area (Å²) in [5.41, 5.74) is 2.74. The minimum atomic E-state index is -0.554. The van der Waals surface area contributed by atoms with E-state index >= 15 is 0 Å². The molecule has 4 rings (SSSR count). The van der Waals surface area contributed by atoms with Gasteiger partial charge in [0.1, 0.15) is 5.75 Å². The number of benzene rings is 1. The van der Waals surface area contributed by atoms with Gasteiger partial charge in [0.05, 0.1) is 11.4 Å². The van der Waals surface area contributed by atoms with Gasteiger partial charge in [-0.3, -0.25) is 4.79 Å². The molecule has 0 unspecified atom stereocenters. The van der Waals surface area contributed by atoms with E-state index in [0.29, 0.717) is 18.1 Å². The number of rotatable bonds is 7. The molecule has 1 atom stereocenters. The lowest BCUT2D eigenvalue weighted by atomic mass is 9.92. The number of nitrogens with one attached hydrogen (secondary N) is 1. The predicted octanol–water partition coefficient (Wildman–Crippen LogP) is 4.15. The molecule has 0 radical (unpaired) electrons. The van der Waals surface area contributed by atoms with Gasteiger partial charge in [-0.25, -0.2) is 0 Å². The van der Waals surface area contributed by atoms with E-state index in [2.05, 4.69) is 27.6 Å². The Hall–Kier alpha value is -2.67. The van der Waals surface area contributed by atoms with Crippen LogP contribution in [-0.4, -0.2) is 22.2 Å². The summed E-state index contributed by atoms with van der Waals surface area (Å²) in [6, 6.07) is 10.0. The lowest BCUT2D eigenvalue weighted by Gasteiger charge is -2.20. The number of aromatic nitrogens is 2. The number of ether oxygens (including phenoxy) is 1. The van der Waals surface area contributed by atoms with Crippen LogP contribution in [0.3, 0.4) is 0 Å². The third kappa shape index (κ3) is 4.25. The average Bonchev–Trinajstić information content (AvgIpc) is 3.41. The van der Waals surface area contributed by atoms with Crippen LogP contribution < -0.4 is 10.1 Å². The van der Waals surface area contributed by atoms with Gasteiger partial charge in [0.2, 0.25) is 11.7 Å². The number of carbonyl (C=O) groups excluding carboxylic acids is 1. The number of carbonyl (C=O) groups is 1. The number of fused-ring (bicyclic) bond motifs is 1. The topological polar surface area (TPSA) is 77.2 Å². The minimum Gasteiger partial charge on any atom is -0.481 e. The first-order valence-corrected chi connectivity index (χ1v) is 10.5. The highest BCUT2D eigenvalue weighted by Gasteiger charge is 2.20. The smallest absolute Gasteiger partial charge is 0.261 e. The van der Waals surface area contributed by atoms with Crippen molar-refractivity contribution in [3.05, 3.63) is 52.7 Å².